The fourth-order valence-corrected chi connectivity index (χ4v) is 3.44. The highest BCUT2D eigenvalue weighted by Crippen LogP contribution is 2.25. The summed E-state index contributed by atoms with van der Waals surface area (Å²) in [7, 11) is 0. The topological polar surface area (TPSA) is 86.3 Å². The van der Waals surface area contributed by atoms with Crippen molar-refractivity contribution in [3.63, 3.8) is 0 Å². The quantitative estimate of drug-likeness (QED) is 0.322. The third-order valence-electron chi connectivity index (χ3n) is 2.72. The molecule has 22 heavy (non-hydrogen) atoms. The first-order valence-corrected chi connectivity index (χ1v) is 8.28. The molecule has 8 heteroatoms. The van der Waals surface area contributed by atoms with Gasteiger partial charge in [0.15, 0.2) is 0 Å². The van der Waals surface area contributed by atoms with Crippen LogP contribution in [0, 0.1) is 20.2 Å². The smallest absolute Gasteiger partial charge is 0.258 e. The first-order valence-electron chi connectivity index (χ1n) is 6.31. The van der Waals surface area contributed by atoms with E-state index in [1.807, 2.05) is 0 Å². The Morgan fingerprint density at radius 3 is 1.27 bits per heavy atom. The highest BCUT2D eigenvalue weighted by Gasteiger charge is 2.05. The van der Waals surface area contributed by atoms with Crippen LogP contribution < -0.4 is 0 Å². The number of benzene rings is 2. The van der Waals surface area contributed by atoms with Gasteiger partial charge in [0.2, 0.25) is 0 Å². The van der Waals surface area contributed by atoms with Gasteiger partial charge < -0.3 is 0 Å². The molecule has 0 N–H and O–H groups in total. The summed E-state index contributed by atoms with van der Waals surface area (Å²) in [5, 5.41) is 21.1. The van der Waals surface area contributed by atoms with Crippen molar-refractivity contribution in [3.05, 3.63) is 68.8 Å². The minimum atomic E-state index is -0.418. The number of hydrogen-bond donors (Lipinski definition) is 0. The Kier molecular flexibility index (Phi) is 5.79. The van der Waals surface area contributed by atoms with Crippen molar-refractivity contribution in [2.24, 2.45) is 0 Å². The van der Waals surface area contributed by atoms with Gasteiger partial charge in [-0.05, 0) is 24.3 Å². The molecule has 0 saturated carbocycles. The summed E-state index contributed by atoms with van der Waals surface area (Å²) >= 11 is 3.23. The van der Waals surface area contributed by atoms with E-state index in [9.17, 15) is 20.2 Å². The molecule has 2 aromatic rings. The Labute approximate surface area is 135 Å². The van der Waals surface area contributed by atoms with Crippen LogP contribution >= 0.6 is 23.5 Å². The van der Waals surface area contributed by atoms with Gasteiger partial charge in [-0.2, -0.15) is 0 Å². The Bertz CT molecular complexity index is 600. The summed E-state index contributed by atoms with van der Waals surface area (Å²) in [5.41, 5.74) is 0.175. The molecule has 2 rings (SSSR count). The number of rotatable bonds is 7. The standard InChI is InChI=1S/C14H12N2O4S2/c17-15(18)11-1-5-13(6-2-11)21-9-10-22-14-7-3-12(4-8-14)16(19)20/h1-8H,9-10H2. The highest BCUT2D eigenvalue weighted by atomic mass is 32.2. The van der Waals surface area contributed by atoms with Crippen LogP contribution in [0.25, 0.3) is 0 Å². The van der Waals surface area contributed by atoms with Crippen molar-refractivity contribution in [3.8, 4) is 0 Å². The van der Waals surface area contributed by atoms with E-state index in [4.69, 9.17) is 0 Å². The van der Waals surface area contributed by atoms with Gasteiger partial charge in [-0.25, -0.2) is 0 Å². The second-order valence-corrected chi connectivity index (χ2v) is 6.54. The average molecular weight is 336 g/mol. The molecular weight excluding hydrogens is 324 g/mol. The normalized spacial score (nSPS) is 10.4. The average Bonchev–Trinajstić information content (AvgIpc) is 2.52. The van der Waals surface area contributed by atoms with E-state index in [1.54, 1.807) is 47.8 Å². The molecule has 0 saturated heterocycles. The monoisotopic (exact) mass is 336 g/mol. The van der Waals surface area contributed by atoms with Gasteiger partial charge in [0.1, 0.15) is 0 Å². The summed E-state index contributed by atoms with van der Waals surface area (Å²) in [4.78, 5) is 22.2. The minimum absolute atomic E-state index is 0.0876. The van der Waals surface area contributed by atoms with Gasteiger partial charge in [0.05, 0.1) is 9.85 Å². The van der Waals surface area contributed by atoms with Crippen LogP contribution in [-0.2, 0) is 0 Å². The van der Waals surface area contributed by atoms with Crippen molar-refractivity contribution < 1.29 is 9.85 Å². The second kappa shape index (κ2) is 7.81. The lowest BCUT2D eigenvalue weighted by Gasteiger charge is -2.02. The van der Waals surface area contributed by atoms with Crippen molar-refractivity contribution in [2.45, 2.75) is 9.79 Å². The fraction of sp³-hybridized carbons (Fsp3) is 0.143. The number of nitrogens with zero attached hydrogens (tertiary/aromatic N) is 2. The van der Waals surface area contributed by atoms with E-state index in [2.05, 4.69) is 0 Å². The molecule has 0 aliphatic carbocycles. The molecule has 0 radical (unpaired) electrons. The molecule has 0 aliphatic rings. The van der Waals surface area contributed by atoms with Crippen LogP contribution in [0.5, 0.6) is 0 Å². The van der Waals surface area contributed by atoms with Gasteiger partial charge in [0.25, 0.3) is 11.4 Å². The van der Waals surface area contributed by atoms with Crippen molar-refractivity contribution in [1.29, 1.82) is 0 Å². The van der Waals surface area contributed by atoms with Crippen molar-refractivity contribution in [1.82, 2.24) is 0 Å². The SMILES string of the molecule is O=[N+]([O-])c1ccc(SCCSc2ccc([N+](=O)[O-])cc2)cc1. The molecule has 2 aromatic carbocycles. The molecule has 0 aromatic heterocycles. The van der Waals surface area contributed by atoms with Crippen LogP contribution in [0.1, 0.15) is 0 Å². The molecule has 0 aliphatic heterocycles. The van der Waals surface area contributed by atoms with E-state index >= 15 is 0 Å². The zero-order valence-corrected chi connectivity index (χ0v) is 13.0. The maximum Gasteiger partial charge on any atom is 0.269 e. The minimum Gasteiger partial charge on any atom is -0.258 e. The van der Waals surface area contributed by atoms with E-state index < -0.39 is 9.85 Å². The van der Waals surface area contributed by atoms with Crippen LogP contribution in [0.4, 0.5) is 11.4 Å². The summed E-state index contributed by atoms with van der Waals surface area (Å²) in [5.74, 6) is 1.69. The predicted molar refractivity (Wildman–Crippen MR) is 87.6 cm³/mol. The molecule has 0 bridgehead atoms. The molecule has 0 atom stereocenters. The van der Waals surface area contributed by atoms with E-state index in [1.165, 1.54) is 24.3 Å². The van der Waals surface area contributed by atoms with Crippen LogP contribution in [0.2, 0.25) is 0 Å². The predicted octanol–water partition coefficient (Wildman–Crippen LogP) is 4.39. The van der Waals surface area contributed by atoms with Crippen LogP contribution in [0.3, 0.4) is 0 Å². The van der Waals surface area contributed by atoms with Crippen LogP contribution in [-0.4, -0.2) is 21.4 Å². The molecule has 0 spiro atoms. The third-order valence-corrected chi connectivity index (χ3v) is 5.00. The molecule has 0 unspecified atom stereocenters. The summed E-state index contributed by atoms with van der Waals surface area (Å²) in [6.07, 6.45) is 0. The lowest BCUT2D eigenvalue weighted by molar-refractivity contribution is -0.385. The van der Waals surface area contributed by atoms with Gasteiger partial charge in [-0.1, -0.05) is 0 Å². The lowest BCUT2D eigenvalue weighted by Crippen LogP contribution is -1.88. The van der Waals surface area contributed by atoms with Crippen molar-refractivity contribution in [2.75, 3.05) is 11.5 Å². The Morgan fingerprint density at radius 2 is 1.00 bits per heavy atom. The van der Waals surface area contributed by atoms with Gasteiger partial charge in [-0.3, -0.25) is 20.2 Å². The van der Waals surface area contributed by atoms with Gasteiger partial charge in [0, 0.05) is 45.6 Å². The Balaban J connectivity index is 1.77. The maximum absolute atomic E-state index is 10.5. The van der Waals surface area contributed by atoms with Crippen molar-refractivity contribution >= 4 is 34.9 Å². The number of thioether (sulfide) groups is 2. The third kappa shape index (κ3) is 4.74. The van der Waals surface area contributed by atoms with Gasteiger partial charge >= 0.3 is 0 Å². The summed E-state index contributed by atoms with van der Waals surface area (Å²) < 4.78 is 0. The first kappa shape index (κ1) is 16.3. The van der Waals surface area contributed by atoms with E-state index in [0.29, 0.717) is 0 Å². The van der Waals surface area contributed by atoms with Gasteiger partial charge in [-0.15, -0.1) is 23.5 Å². The lowest BCUT2D eigenvalue weighted by atomic mass is 10.3. The second-order valence-electron chi connectivity index (χ2n) is 4.20. The Hall–Kier alpha value is -2.06. The van der Waals surface area contributed by atoms with E-state index in [0.717, 1.165) is 21.3 Å². The molecular formula is C14H12N2O4S2. The first-order chi connectivity index (χ1) is 10.6. The Morgan fingerprint density at radius 1 is 0.682 bits per heavy atom. The summed E-state index contributed by atoms with van der Waals surface area (Å²) in [6, 6.07) is 12.9. The largest absolute Gasteiger partial charge is 0.269 e. The molecule has 6 nitrogen and oxygen atoms in total. The summed E-state index contributed by atoms with van der Waals surface area (Å²) in [6.45, 7) is 0. The number of non-ortho nitro benzene ring substituents is 2. The number of nitro benzene ring substituents is 2. The molecule has 0 fully saturated rings. The highest BCUT2D eigenvalue weighted by molar-refractivity contribution is 8.03. The number of nitro groups is 2. The molecule has 114 valence electrons. The zero-order chi connectivity index (χ0) is 15.9. The molecule has 0 amide bonds. The fourth-order valence-electron chi connectivity index (χ4n) is 1.65. The van der Waals surface area contributed by atoms with Crippen LogP contribution in [0.15, 0.2) is 58.3 Å². The zero-order valence-electron chi connectivity index (χ0n) is 11.4. The van der Waals surface area contributed by atoms with E-state index in [-0.39, 0.29) is 11.4 Å². The molecule has 0 heterocycles. The maximum atomic E-state index is 10.5. The number of hydrogen-bond acceptors (Lipinski definition) is 6.